The predicted molar refractivity (Wildman–Crippen MR) is 100 cm³/mol. The molecule has 2 aromatic rings. The Kier molecular flexibility index (Phi) is 5.81. The van der Waals surface area contributed by atoms with Crippen molar-refractivity contribution in [1.29, 1.82) is 0 Å². The predicted octanol–water partition coefficient (Wildman–Crippen LogP) is 4.65. The lowest BCUT2D eigenvalue weighted by Crippen LogP contribution is -2.44. The summed E-state index contributed by atoms with van der Waals surface area (Å²) in [5.41, 5.74) is 1.89. The summed E-state index contributed by atoms with van der Waals surface area (Å²) in [5.74, 6) is -0.161. The van der Waals surface area contributed by atoms with Crippen molar-refractivity contribution in [3.8, 4) is 0 Å². The van der Waals surface area contributed by atoms with Crippen molar-refractivity contribution in [3.63, 3.8) is 0 Å². The second-order valence-corrected chi connectivity index (χ2v) is 6.69. The molecule has 1 aliphatic carbocycles. The number of rotatable bonds is 5. The molecule has 126 valence electrons. The summed E-state index contributed by atoms with van der Waals surface area (Å²) in [5, 5.41) is 4.07. The molecule has 4 heteroatoms. The van der Waals surface area contributed by atoms with Crippen molar-refractivity contribution in [2.75, 3.05) is 0 Å². The zero-order chi connectivity index (χ0) is 16.8. The van der Waals surface area contributed by atoms with Crippen LogP contribution in [-0.2, 0) is 13.1 Å². The highest BCUT2D eigenvalue weighted by Crippen LogP contribution is 2.25. The smallest absolute Gasteiger partial charge is 0.169 e. The third-order valence-electron chi connectivity index (χ3n) is 4.61. The fourth-order valence-electron chi connectivity index (χ4n) is 3.27. The van der Waals surface area contributed by atoms with Gasteiger partial charge in [0.2, 0.25) is 0 Å². The number of halogens is 1. The topological polar surface area (TPSA) is 15.3 Å². The number of hydrogen-bond donors (Lipinski definition) is 1. The molecular formula is C20H23FN2S. The molecule has 1 N–H and O–H groups in total. The van der Waals surface area contributed by atoms with Gasteiger partial charge in [0.25, 0.3) is 0 Å². The van der Waals surface area contributed by atoms with Gasteiger partial charge >= 0.3 is 0 Å². The van der Waals surface area contributed by atoms with E-state index in [1.165, 1.54) is 24.5 Å². The van der Waals surface area contributed by atoms with Gasteiger partial charge in [-0.05, 0) is 36.7 Å². The van der Waals surface area contributed by atoms with E-state index in [0.29, 0.717) is 29.8 Å². The molecule has 1 aliphatic rings. The number of nitrogens with one attached hydrogen (secondary N) is 1. The van der Waals surface area contributed by atoms with Crippen molar-refractivity contribution in [2.45, 2.75) is 44.8 Å². The van der Waals surface area contributed by atoms with Crippen LogP contribution in [-0.4, -0.2) is 16.1 Å². The highest BCUT2D eigenvalue weighted by molar-refractivity contribution is 7.80. The highest BCUT2D eigenvalue weighted by atomic mass is 32.1. The average molecular weight is 342 g/mol. The number of benzene rings is 2. The molecule has 0 amide bonds. The zero-order valence-electron chi connectivity index (χ0n) is 13.7. The van der Waals surface area contributed by atoms with Crippen LogP contribution in [0, 0.1) is 5.82 Å². The maximum atomic E-state index is 14.1. The standard InChI is InChI=1S/C20H23FN2S/c21-19-13-7-4-10-17(19)15-23(18-11-5-6-12-18)20(24)22-14-16-8-2-1-3-9-16/h1-4,7-10,13,18H,5-6,11-12,14-15H2,(H,22,24). The molecule has 0 spiro atoms. The molecule has 0 unspecified atom stereocenters. The molecule has 0 aromatic heterocycles. The molecule has 0 saturated heterocycles. The summed E-state index contributed by atoms with van der Waals surface area (Å²) in [6.07, 6.45) is 4.70. The van der Waals surface area contributed by atoms with E-state index in [9.17, 15) is 4.39 Å². The van der Waals surface area contributed by atoms with E-state index in [2.05, 4.69) is 22.3 Å². The van der Waals surface area contributed by atoms with Crippen molar-refractivity contribution < 1.29 is 4.39 Å². The molecule has 0 atom stereocenters. The first kappa shape index (κ1) is 16.9. The van der Waals surface area contributed by atoms with Gasteiger partial charge in [-0.25, -0.2) is 4.39 Å². The normalized spacial score (nSPS) is 14.5. The summed E-state index contributed by atoms with van der Waals surface area (Å²) in [7, 11) is 0. The van der Waals surface area contributed by atoms with Gasteiger partial charge in [-0.2, -0.15) is 0 Å². The fourth-order valence-corrected chi connectivity index (χ4v) is 3.55. The van der Waals surface area contributed by atoms with Crippen LogP contribution in [0.5, 0.6) is 0 Å². The van der Waals surface area contributed by atoms with Crippen LogP contribution >= 0.6 is 12.2 Å². The van der Waals surface area contributed by atoms with E-state index in [1.54, 1.807) is 6.07 Å². The molecule has 1 fully saturated rings. The van der Waals surface area contributed by atoms with Gasteiger partial charge in [-0.3, -0.25) is 0 Å². The minimum Gasteiger partial charge on any atom is -0.358 e. The lowest BCUT2D eigenvalue weighted by molar-refractivity contribution is 0.299. The van der Waals surface area contributed by atoms with Gasteiger partial charge in [0.15, 0.2) is 5.11 Å². The molecule has 2 nitrogen and oxygen atoms in total. The summed E-state index contributed by atoms with van der Waals surface area (Å²) in [6, 6.07) is 17.6. The van der Waals surface area contributed by atoms with Crippen LogP contribution in [0.1, 0.15) is 36.8 Å². The lowest BCUT2D eigenvalue weighted by Gasteiger charge is -2.32. The Labute approximate surface area is 148 Å². The molecule has 3 rings (SSSR count). The van der Waals surface area contributed by atoms with Crippen LogP contribution in [0.15, 0.2) is 54.6 Å². The molecule has 0 aliphatic heterocycles. The van der Waals surface area contributed by atoms with E-state index in [1.807, 2.05) is 30.3 Å². The summed E-state index contributed by atoms with van der Waals surface area (Å²) >= 11 is 5.65. The van der Waals surface area contributed by atoms with Crippen LogP contribution in [0.2, 0.25) is 0 Å². The van der Waals surface area contributed by atoms with E-state index in [-0.39, 0.29) is 5.82 Å². The number of hydrogen-bond acceptors (Lipinski definition) is 1. The Morgan fingerprint density at radius 1 is 1.04 bits per heavy atom. The molecule has 1 saturated carbocycles. The second-order valence-electron chi connectivity index (χ2n) is 6.30. The Morgan fingerprint density at radius 2 is 1.71 bits per heavy atom. The van der Waals surface area contributed by atoms with Gasteiger partial charge in [0.05, 0.1) is 0 Å². The quantitative estimate of drug-likeness (QED) is 0.797. The van der Waals surface area contributed by atoms with Crippen molar-refractivity contribution in [2.24, 2.45) is 0 Å². The van der Waals surface area contributed by atoms with E-state index < -0.39 is 0 Å². The minimum atomic E-state index is -0.161. The van der Waals surface area contributed by atoms with Crippen LogP contribution in [0.25, 0.3) is 0 Å². The molecular weight excluding hydrogens is 319 g/mol. The Bertz CT molecular complexity index is 668. The first-order chi connectivity index (χ1) is 11.7. The molecule has 0 heterocycles. The SMILES string of the molecule is Fc1ccccc1CN(C(=S)NCc1ccccc1)C1CCCC1. The molecule has 24 heavy (non-hydrogen) atoms. The first-order valence-electron chi connectivity index (χ1n) is 8.56. The fraction of sp³-hybridized carbons (Fsp3) is 0.350. The Hall–Kier alpha value is -1.94. The van der Waals surface area contributed by atoms with Crippen LogP contribution < -0.4 is 5.32 Å². The van der Waals surface area contributed by atoms with E-state index in [4.69, 9.17) is 12.2 Å². The molecule has 0 radical (unpaired) electrons. The molecule has 0 bridgehead atoms. The van der Waals surface area contributed by atoms with Crippen LogP contribution in [0.4, 0.5) is 4.39 Å². The van der Waals surface area contributed by atoms with Crippen molar-refractivity contribution >= 4 is 17.3 Å². The largest absolute Gasteiger partial charge is 0.358 e. The maximum absolute atomic E-state index is 14.1. The van der Waals surface area contributed by atoms with Gasteiger partial charge < -0.3 is 10.2 Å². The summed E-state index contributed by atoms with van der Waals surface area (Å²) < 4.78 is 14.1. The summed E-state index contributed by atoms with van der Waals surface area (Å²) in [4.78, 5) is 2.17. The molecule has 2 aromatic carbocycles. The van der Waals surface area contributed by atoms with E-state index >= 15 is 0 Å². The van der Waals surface area contributed by atoms with Gasteiger partial charge in [0, 0.05) is 24.7 Å². The third-order valence-corrected chi connectivity index (χ3v) is 4.99. The average Bonchev–Trinajstić information content (AvgIpc) is 3.14. The number of nitrogens with zero attached hydrogens (tertiary/aromatic N) is 1. The van der Waals surface area contributed by atoms with Crippen molar-refractivity contribution in [3.05, 3.63) is 71.5 Å². The minimum absolute atomic E-state index is 0.161. The zero-order valence-corrected chi connectivity index (χ0v) is 14.6. The van der Waals surface area contributed by atoms with Crippen molar-refractivity contribution in [1.82, 2.24) is 10.2 Å². The monoisotopic (exact) mass is 342 g/mol. The first-order valence-corrected chi connectivity index (χ1v) is 8.96. The number of thiocarbonyl (C=S) groups is 1. The van der Waals surface area contributed by atoms with E-state index in [0.717, 1.165) is 12.8 Å². The maximum Gasteiger partial charge on any atom is 0.169 e. The highest BCUT2D eigenvalue weighted by Gasteiger charge is 2.25. The van der Waals surface area contributed by atoms with Gasteiger partial charge in [-0.1, -0.05) is 61.4 Å². The third kappa shape index (κ3) is 4.32. The second kappa shape index (κ2) is 8.25. The van der Waals surface area contributed by atoms with Gasteiger partial charge in [0.1, 0.15) is 5.82 Å². The Balaban J connectivity index is 1.69. The van der Waals surface area contributed by atoms with Crippen LogP contribution in [0.3, 0.4) is 0 Å². The summed E-state index contributed by atoms with van der Waals surface area (Å²) in [6.45, 7) is 1.22. The Morgan fingerprint density at radius 3 is 2.42 bits per heavy atom. The van der Waals surface area contributed by atoms with Gasteiger partial charge in [-0.15, -0.1) is 0 Å². The lowest BCUT2D eigenvalue weighted by atomic mass is 10.1.